The number of hydrogen-bond acceptors (Lipinski definition) is 3. The van der Waals surface area contributed by atoms with Gasteiger partial charge in [-0.3, -0.25) is 4.79 Å². The average Bonchev–Trinajstić information content (AvgIpc) is 2.89. The molecule has 0 spiro atoms. The van der Waals surface area contributed by atoms with Crippen LogP contribution in [0, 0.1) is 0 Å². The van der Waals surface area contributed by atoms with Crippen molar-refractivity contribution in [3.05, 3.63) is 94.5 Å². The second kappa shape index (κ2) is 9.44. The lowest BCUT2D eigenvalue weighted by Crippen LogP contribution is -2.47. The normalized spacial score (nSPS) is 15.8. The Bertz CT molecular complexity index is 1280. The molecule has 2 N–H and O–H groups in total. The first kappa shape index (κ1) is 23.7. The van der Waals surface area contributed by atoms with Crippen molar-refractivity contribution in [3.63, 3.8) is 0 Å². The highest BCUT2D eigenvalue weighted by molar-refractivity contribution is 7.80. The number of nitrogens with one attached hydrogen (secondary N) is 2. The van der Waals surface area contributed by atoms with Crippen LogP contribution in [0.1, 0.15) is 16.7 Å². The van der Waals surface area contributed by atoms with Gasteiger partial charge in [-0.2, -0.15) is 13.2 Å². The number of carbonyl (C=O) groups is 1. The monoisotopic (exact) mass is 502 g/mol. The van der Waals surface area contributed by atoms with Gasteiger partial charge >= 0.3 is 6.18 Å². The second-order valence-corrected chi connectivity index (χ2v) is 8.29. The van der Waals surface area contributed by atoms with Gasteiger partial charge in [-0.15, -0.1) is 0 Å². The van der Waals surface area contributed by atoms with E-state index in [1.165, 1.54) is 23.1 Å². The van der Waals surface area contributed by atoms with Gasteiger partial charge in [0.25, 0.3) is 5.91 Å². The van der Waals surface area contributed by atoms with Crippen LogP contribution in [0.3, 0.4) is 0 Å². The fourth-order valence-corrected chi connectivity index (χ4v) is 3.98. The summed E-state index contributed by atoms with van der Waals surface area (Å²) < 4.78 is 40.1. The van der Waals surface area contributed by atoms with Crippen molar-refractivity contribution in [2.75, 3.05) is 17.3 Å². The molecule has 0 aromatic heterocycles. The number of amides is 1. The highest BCUT2D eigenvalue weighted by atomic mass is 35.5. The molecule has 0 bridgehead atoms. The molecule has 1 amide bonds. The van der Waals surface area contributed by atoms with E-state index in [0.29, 0.717) is 22.0 Å². The van der Waals surface area contributed by atoms with Crippen molar-refractivity contribution in [2.45, 2.75) is 12.3 Å². The highest BCUT2D eigenvalue weighted by Gasteiger charge is 2.34. The third-order valence-corrected chi connectivity index (χ3v) is 5.65. The number of hydrogen-bond donors (Lipinski definition) is 2. The maximum Gasteiger partial charge on any atom is 0.418 e. The van der Waals surface area contributed by atoms with Crippen molar-refractivity contribution in [3.8, 4) is 0 Å². The smallest absolute Gasteiger partial charge is 0.333 e. The van der Waals surface area contributed by atoms with Gasteiger partial charge in [0.05, 0.1) is 22.6 Å². The number of carbonyl (C=O) groups excluding carboxylic acids is 1. The Morgan fingerprint density at radius 1 is 1.06 bits per heavy atom. The first-order valence-corrected chi connectivity index (χ1v) is 10.9. The zero-order chi connectivity index (χ0) is 24.5. The topological polar surface area (TPSA) is 56.7 Å². The molecule has 1 aliphatic heterocycles. The van der Waals surface area contributed by atoms with E-state index in [0.717, 1.165) is 11.6 Å². The number of rotatable bonds is 3. The highest BCUT2D eigenvalue weighted by Crippen LogP contribution is 2.34. The SMILES string of the molecule is CN1C(=O)C(NC(=S)Nc2ccccc2C(F)(F)F)N=C(c2ccccc2)c2cc(Cl)ccc21. The van der Waals surface area contributed by atoms with Crippen LogP contribution < -0.4 is 15.5 Å². The maximum atomic E-state index is 13.4. The summed E-state index contributed by atoms with van der Waals surface area (Å²) in [7, 11) is 1.59. The Kier molecular flexibility index (Phi) is 6.58. The minimum atomic E-state index is -4.57. The van der Waals surface area contributed by atoms with Crippen molar-refractivity contribution < 1.29 is 18.0 Å². The summed E-state index contributed by atoms with van der Waals surface area (Å²) in [6, 6.07) is 19.2. The number of benzodiazepines with no additional fused rings is 1. The number of thiocarbonyl (C=S) groups is 1. The summed E-state index contributed by atoms with van der Waals surface area (Å²) in [6.07, 6.45) is -5.76. The molecule has 0 saturated carbocycles. The Balaban J connectivity index is 1.70. The molecule has 3 aromatic rings. The molecule has 1 heterocycles. The largest absolute Gasteiger partial charge is 0.418 e. The standard InChI is InChI=1S/C24H18ClF3N4OS/c1-32-19-12-11-15(25)13-16(19)20(14-7-3-2-4-8-14)30-21(22(32)33)31-23(34)29-18-10-6-5-9-17(18)24(26,27)28/h2-13,21H,1H3,(H2,29,31,34). The van der Waals surface area contributed by atoms with E-state index in [1.54, 1.807) is 25.2 Å². The van der Waals surface area contributed by atoms with Crippen LogP contribution in [0.15, 0.2) is 77.8 Å². The number of para-hydroxylation sites is 1. The van der Waals surface area contributed by atoms with Crippen molar-refractivity contribution in [2.24, 2.45) is 4.99 Å². The van der Waals surface area contributed by atoms with Crippen molar-refractivity contribution in [1.29, 1.82) is 0 Å². The summed E-state index contributed by atoms with van der Waals surface area (Å²) >= 11 is 11.5. The van der Waals surface area contributed by atoms with E-state index in [1.807, 2.05) is 30.3 Å². The molecular formula is C24H18ClF3N4OS. The lowest BCUT2D eigenvalue weighted by Gasteiger charge is -2.22. The molecule has 0 radical (unpaired) electrons. The minimum Gasteiger partial charge on any atom is -0.333 e. The van der Waals surface area contributed by atoms with Crippen LogP contribution in [-0.2, 0) is 11.0 Å². The number of alkyl halides is 3. The van der Waals surface area contributed by atoms with E-state index in [9.17, 15) is 18.0 Å². The van der Waals surface area contributed by atoms with Crippen LogP contribution in [0.2, 0.25) is 5.02 Å². The van der Waals surface area contributed by atoms with Crippen molar-refractivity contribution in [1.82, 2.24) is 5.32 Å². The van der Waals surface area contributed by atoms with Crippen LogP contribution in [0.5, 0.6) is 0 Å². The summed E-state index contributed by atoms with van der Waals surface area (Å²) in [6.45, 7) is 0. The van der Waals surface area contributed by atoms with E-state index in [2.05, 4.69) is 15.6 Å². The molecule has 10 heteroatoms. The molecule has 0 fully saturated rings. The predicted molar refractivity (Wildman–Crippen MR) is 132 cm³/mol. The number of fused-ring (bicyclic) bond motifs is 1. The molecule has 0 aliphatic carbocycles. The van der Waals surface area contributed by atoms with Crippen molar-refractivity contribution >= 4 is 51.9 Å². The number of benzene rings is 3. The Labute approximate surface area is 204 Å². The van der Waals surface area contributed by atoms with Gasteiger partial charge in [-0.05, 0) is 42.5 Å². The number of halogens is 4. The fraction of sp³-hybridized carbons (Fsp3) is 0.125. The molecule has 3 aromatic carbocycles. The van der Waals surface area contributed by atoms with Gasteiger partial charge in [-0.1, -0.05) is 54.1 Å². The zero-order valence-corrected chi connectivity index (χ0v) is 19.3. The minimum absolute atomic E-state index is 0.177. The van der Waals surface area contributed by atoms with E-state index >= 15 is 0 Å². The van der Waals surface area contributed by atoms with Crippen LogP contribution in [-0.4, -0.2) is 29.9 Å². The van der Waals surface area contributed by atoms with E-state index in [4.69, 9.17) is 23.8 Å². The van der Waals surface area contributed by atoms with Gasteiger partial charge in [-0.25, -0.2) is 4.99 Å². The number of anilines is 2. The Morgan fingerprint density at radius 3 is 2.44 bits per heavy atom. The molecule has 4 rings (SSSR count). The Morgan fingerprint density at radius 2 is 1.74 bits per heavy atom. The molecule has 0 saturated heterocycles. The lowest BCUT2D eigenvalue weighted by molar-refractivity contribution is -0.137. The zero-order valence-electron chi connectivity index (χ0n) is 17.7. The number of aliphatic imine (C=N–C) groups is 1. The number of likely N-dealkylation sites (N-methyl/N-ethyl adjacent to an activating group) is 1. The molecule has 1 aliphatic rings. The van der Waals surface area contributed by atoms with Gasteiger partial charge in [0.15, 0.2) is 5.11 Å². The van der Waals surface area contributed by atoms with Crippen LogP contribution in [0.25, 0.3) is 0 Å². The molecule has 34 heavy (non-hydrogen) atoms. The van der Waals surface area contributed by atoms with E-state index in [-0.39, 0.29) is 10.8 Å². The predicted octanol–water partition coefficient (Wildman–Crippen LogP) is 5.49. The number of nitrogens with zero attached hydrogens (tertiary/aromatic N) is 2. The summed E-state index contributed by atoms with van der Waals surface area (Å²) in [4.78, 5) is 19.3. The maximum absolute atomic E-state index is 13.4. The summed E-state index contributed by atoms with van der Waals surface area (Å²) in [5.41, 5.74) is 1.35. The second-order valence-electron chi connectivity index (χ2n) is 7.45. The van der Waals surface area contributed by atoms with Crippen LogP contribution >= 0.6 is 23.8 Å². The van der Waals surface area contributed by atoms with Gasteiger partial charge in [0.1, 0.15) is 0 Å². The van der Waals surface area contributed by atoms with Gasteiger partial charge in [0.2, 0.25) is 6.17 Å². The quantitative estimate of drug-likeness (QED) is 0.465. The van der Waals surface area contributed by atoms with Gasteiger partial charge < -0.3 is 15.5 Å². The summed E-state index contributed by atoms with van der Waals surface area (Å²) in [5, 5.41) is 5.59. The third-order valence-electron chi connectivity index (χ3n) is 5.19. The first-order chi connectivity index (χ1) is 16.1. The molecule has 1 atom stereocenters. The van der Waals surface area contributed by atoms with E-state index < -0.39 is 23.8 Å². The molecule has 174 valence electrons. The van der Waals surface area contributed by atoms with Crippen LogP contribution in [0.4, 0.5) is 24.5 Å². The van der Waals surface area contributed by atoms with Gasteiger partial charge in [0, 0.05) is 23.2 Å². The lowest BCUT2D eigenvalue weighted by atomic mass is 10.0. The molecule has 1 unspecified atom stereocenters. The molecule has 5 nitrogen and oxygen atoms in total. The first-order valence-electron chi connectivity index (χ1n) is 10.1. The third kappa shape index (κ3) is 4.90. The molecular weight excluding hydrogens is 485 g/mol. The average molecular weight is 503 g/mol. The summed E-state index contributed by atoms with van der Waals surface area (Å²) in [5.74, 6) is -0.442. The Hall–Kier alpha value is -3.43. The fourth-order valence-electron chi connectivity index (χ4n) is 3.59.